The highest BCUT2D eigenvalue weighted by Crippen LogP contribution is 2.42. The quantitative estimate of drug-likeness (QED) is 0.244. The molecule has 1 aliphatic rings. The van der Waals surface area contributed by atoms with Gasteiger partial charge in [-0.25, -0.2) is 0 Å². The zero-order chi connectivity index (χ0) is 20.2. The Hall–Kier alpha value is -0.720. The molecule has 1 rings (SSSR count). The van der Waals surface area contributed by atoms with E-state index in [9.17, 15) is 26.7 Å². The van der Waals surface area contributed by atoms with Crippen LogP contribution < -0.4 is 0 Å². The first-order valence-electron chi connectivity index (χ1n) is 10.0. The Morgan fingerprint density at radius 3 is 1.93 bits per heavy atom. The van der Waals surface area contributed by atoms with Gasteiger partial charge in [0, 0.05) is 6.61 Å². The SMILES string of the molecule is O=[C]C(CCCCCCCCCCOC1CC[CH]CC1)C(F)(F)C(F)(F)F. The third-order valence-electron chi connectivity index (χ3n) is 5.08. The molecule has 0 bridgehead atoms. The number of alkyl halides is 5. The molecule has 0 aromatic rings. The molecule has 1 saturated carbocycles. The monoisotopic (exact) mass is 398 g/mol. The summed E-state index contributed by atoms with van der Waals surface area (Å²) in [7, 11) is 0. The molecule has 1 atom stereocenters. The molecule has 7 heteroatoms. The second-order valence-corrected chi connectivity index (χ2v) is 7.34. The van der Waals surface area contributed by atoms with Crippen molar-refractivity contribution in [3.63, 3.8) is 0 Å². The predicted octanol–water partition coefficient (Wildman–Crippen LogP) is 6.58. The summed E-state index contributed by atoms with van der Waals surface area (Å²) >= 11 is 0. The summed E-state index contributed by atoms with van der Waals surface area (Å²) in [6.45, 7) is 0.793. The van der Waals surface area contributed by atoms with Crippen LogP contribution in [0, 0.1) is 12.3 Å². The van der Waals surface area contributed by atoms with E-state index in [0.29, 0.717) is 12.5 Å². The van der Waals surface area contributed by atoms with Crippen molar-refractivity contribution in [2.45, 2.75) is 102 Å². The predicted molar refractivity (Wildman–Crippen MR) is 94.2 cm³/mol. The van der Waals surface area contributed by atoms with E-state index in [1.165, 1.54) is 0 Å². The molecular weight excluding hydrogens is 367 g/mol. The Morgan fingerprint density at radius 1 is 0.889 bits per heavy atom. The maximum Gasteiger partial charge on any atom is 0.454 e. The summed E-state index contributed by atoms with van der Waals surface area (Å²) in [5.74, 6) is -7.40. The Balaban J connectivity index is 1.95. The van der Waals surface area contributed by atoms with Crippen LogP contribution in [0.2, 0.25) is 0 Å². The van der Waals surface area contributed by atoms with Crippen LogP contribution in [0.5, 0.6) is 0 Å². The summed E-state index contributed by atoms with van der Waals surface area (Å²) in [5.41, 5.74) is 0. The van der Waals surface area contributed by atoms with E-state index < -0.39 is 24.4 Å². The molecule has 0 heterocycles. The number of hydrogen-bond donors (Lipinski definition) is 0. The summed E-state index contributed by atoms with van der Waals surface area (Å²) in [4.78, 5) is 10.5. The summed E-state index contributed by atoms with van der Waals surface area (Å²) < 4.78 is 68.7. The number of carbonyl (C=O) groups excluding carboxylic acids is 1. The lowest BCUT2D eigenvalue weighted by molar-refractivity contribution is -0.294. The van der Waals surface area contributed by atoms with Gasteiger partial charge < -0.3 is 4.74 Å². The normalized spacial score (nSPS) is 17.8. The average molecular weight is 398 g/mol. The van der Waals surface area contributed by atoms with Crippen LogP contribution in [0.1, 0.15) is 83.5 Å². The van der Waals surface area contributed by atoms with E-state index in [1.54, 1.807) is 0 Å². The minimum absolute atomic E-state index is 0.179. The fourth-order valence-corrected chi connectivity index (χ4v) is 3.34. The van der Waals surface area contributed by atoms with Crippen LogP contribution in [-0.4, -0.2) is 31.1 Å². The lowest BCUT2D eigenvalue weighted by Gasteiger charge is -2.24. The lowest BCUT2D eigenvalue weighted by atomic mass is 9.95. The highest BCUT2D eigenvalue weighted by atomic mass is 19.4. The number of hydrogen-bond acceptors (Lipinski definition) is 2. The van der Waals surface area contributed by atoms with Crippen molar-refractivity contribution >= 4 is 6.29 Å². The van der Waals surface area contributed by atoms with Crippen LogP contribution >= 0.6 is 0 Å². The molecule has 2 nitrogen and oxygen atoms in total. The van der Waals surface area contributed by atoms with Gasteiger partial charge in [-0.15, -0.1) is 0 Å². The molecule has 0 aromatic carbocycles. The molecule has 0 saturated heterocycles. The first kappa shape index (κ1) is 24.3. The number of rotatable bonds is 14. The highest BCUT2D eigenvalue weighted by Gasteiger charge is 2.62. The van der Waals surface area contributed by atoms with Gasteiger partial charge in [0.05, 0.1) is 12.0 Å². The van der Waals surface area contributed by atoms with E-state index in [-0.39, 0.29) is 6.42 Å². The second-order valence-electron chi connectivity index (χ2n) is 7.34. The van der Waals surface area contributed by atoms with Gasteiger partial charge in [0.15, 0.2) is 0 Å². The molecule has 1 aliphatic carbocycles. The summed E-state index contributed by atoms with van der Waals surface area (Å²) in [6, 6.07) is 0. The average Bonchev–Trinajstić information content (AvgIpc) is 2.62. The zero-order valence-corrected chi connectivity index (χ0v) is 15.8. The van der Waals surface area contributed by atoms with Crippen molar-refractivity contribution in [1.29, 1.82) is 0 Å². The fourth-order valence-electron chi connectivity index (χ4n) is 3.34. The third kappa shape index (κ3) is 9.35. The molecule has 2 radical (unpaired) electrons. The van der Waals surface area contributed by atoms with E-state index in [2.05, 4.69) is 6.42 Å². The molecule has 0 spiro atoms. The first-order valence-corrected chi connectivity index (χ1v) is 10.0. The van der Waals surface area contributed by atoms with Gasteiger partial charge in [0.25, 0.3) is 0 Å². The molecule has 0 aromatic heterocycles. The van der Waals surface area contributed by atoms with Crippen molar-refractivity contribution < 1.29 is 31.5 Å². The summed E-state index contributed by atoms with van der Waals surface area (Å²) in [6.07, 6.45) is 8.56. The van der Waals surface area contributed by atoms with E-state index in [4.69, 9.17) is 4.74 Å². The largest absolute Gasteiger partial charge is 0.454 e. The minimum Gasteiger partial charge on any atom is -0.378 e. The standard InChI is InChI=1S/C20H31F5O2/c21-19(22,20(23,24)25)17(16-26)12-8-5-3-1-2-4-6-11-15-27-18-13-9-7-10-14-18/h7,17-18H,1-6,8-15H2. The molecule has 27 heavy (non-hydrogen) atoms. The van der Waals surface area contributed by atoms with Crippen molar-refractivity contribution in [3.8, 4) is 0 Å². The number of ether oxygens (including phenoxy) is 1. The Morgan fingerprint density at radius 2 is 1.41 bits per heavy atom. The lowest BCUT2D eigenvalue weighted by Crippen LogP contribution is -2.44. The van der Waals surface area contributed by atoms with Gasteiger partial charge in [-0.05, 0) is 44.9 Å². The molecular formula is C20H31F5O2. The molecule has 0 amide bonds. The highest BCUT2D eigenvalue weighted by molar-refractivity contribution is 5.56. The van der Waals surface area contributed by atoms with E-state index in [0.717, 1.165) is 77.1 Å². The second kappa shape index (κ2) is 12.7. The maximum atomic E-state index is 13.1. The number of unbranched alkanes of at least 4 members (excludes halogenated alkanes) is 7. The van der Waals surface area contributed by atoms with Gasteiger partial charge in [-0.1, -0.05) is 44.9 Å². The van der Waals surface area contributed by atoms with Gasteiger partial charge in [0.2, 0.25) is 6.29 Å². The van der Waals surface area contributed by atoms with Gasteiger partial charge in [0.1, 0.15) is 0 Å². The Bertz CT molecular complexity index is 392. The molecule has 0 aliphatic heterocycles. The van der Waals surface area contributed by atoms with Crippen molar-refractivity contribution in [3.05, 3.63) is 6.42 Å². The van der Waals surface area contributed by atoms with Gasteiger partial charge in [-0.3, -0.25) is 4.79 Å². The van der Waals surface area contributed by atoms with Gasteiger partial charge in [-0.2, -0.15) is 22.0 Å². The summed E-state index contributed by atoms with van der Waals surface area (Å²) in [5, 5.41) is 0. The van der Waals surface area contributed by atoms with Crippen LogP contribution in [0.4, 0.5) is 22.0 Å². The molecule has 0 N–H and O–H groups in total. The van der Waals surface area contributed by atoms with Crippen LogP contribution in [-0.2, 0) is 9.53 Å². The smallest absolute Gasteiger partial charge is 0.378 e. The van der Waals surface area contributed by atoms with Crippen LogP contribution in [0.25, 0.3) is 0 Å². The first-order chi connectivity index (χ1) is 12.8. The molecule has 158 valence electrons. The van der Waals surface area contributed by atoms with Crippen molar-refractivity contribution in [1.82, 2.24) is 0 Å². The van der Waals surface area contributed by atoms with Crippen LogP contribution in [0.3, 0.4) is 0 Å². The van der Waals surface area contributed by atoms with Crippen molar-refractivity contribution in [2.24, 2.45) is 5.92 Å². The topological polar surface area (TPSA) is 26.3 Å². The Labute approximate surface area is 159 Å². The Kier molecular flexibility index (Phi) is 11.4. The third-order valence-corrected chi connectivity index (χ3v) is 5.08. The molecule has 1 unspecified atom stereocenters. The number of halogens is 5. The van der Waals surface area contributed by atoms with Crippen molar-refractivity contribution in [2.75, 3.05) is 6.61 Å². The van der Waals surface area contributed by atoms with E-state index >= 15 is 0 Å². The minimum atomic E-state index is -5.70. The van der Waals surface area contributed by atoms with Crippen LogP contribution in [0.15, 0.2) is 0 Å². The maximum absolute atomic E-state index is 13.1. The van der Waals surface area contributed by atoms with Gasteiger partial charge >= 0.3 is 12.1 Å². The molecule has 1 fully saturated rings. The zero-order valence-electron chi connectivity index (χ0n) is 15.8. The van der Waals surface area contributed by atoms with E-state index in [1.807, 2.05) is 0 Å². The fraction of sp³-hybridized carbons (Fsp3) is 0.900.